The number of carboxylic acids is 1. The Morgan fingerprint density at radius 1 is 0.578 bits per heavy atom. The van der Waals surface area contributed by atoms with E-state index in [2.05, 4.69) is 31.3 Å². The number of hydrogen-bond donors (Lipinski definition) is 2. The summed E-state index contributed by atoms with van der Waals surface area (Å²) in [5.74, 6) is -1.32. The maximum absolute atomic E-state index is 12.6. The summed E-state index contributed by atoms with van der Waals surface area (Å²) in [6.07, 6.45) is 39.3. The molecule has 0 aliphatic rings. The molecule has 0 heterocycles. The van der Waals surface area contributed by atoms with Crippen LogP contribution in [0.1, 0.15) is 206 Å². The maximum Gasteiger partial charge on any atom is 0.322 e. The van der Waals surface area contributed by atoms with Gasteiger partial charge in [0.2, 0.25) is 5.91 Å². The summed E-state index contributed by atoms with van der Waals surface area (Å²) in [5, 5.41) is 11.0. The second-order valence-corrected chi connectivity index (χ2v) is 13.2. The van der Waals surface area contributed by atoms with Gasteiger partial charge in [-0.05, 0) is 44.6 Å². The molecule has 6 heteroatoms. The molecule has 0 aromatic carbocycles. The fraction of sp³-hybridized carbons (Fsp3) is 0.872. The van der Waals surface area contributed by atoms with Crippen molar-refractivity contribution in [1.29, 1.82) is 0 Å². The fourth-order valence-electron chi connectivity index (χ4n) is 5.78. The number of amides is 1. The van der Waals surface area contributed by atoms with E-state index in [-0.39, 0.29) is 24.5 Å². The minimum Gasteiger partial charge on any atom is -0.480 e. The van der Waals surface area contributed by atoms with Crippen LogP contribution in [-0.4, -0.2) is 35.6 Å². The van der Waals surface area contributed by atoms with Crippen molar-refractivity contribution in [1.82, 2.24) is 5.32 Å². The zero-order chi connectivity index (χ0) is 33.1. The molecule has 0 aliphatic heterocycles. The Morgan fingerprint density at radius 2 is 1.00 bits per heavy atom. The topological polar surface area (TPSA) is 92.7 Å². The van der Waals surface area contributed by atoms with Crippen molar-refractivity contribution in [2.75, 3.05) is 6.54 Å². The van der Waals surface area contributed by atoms with Crippen LogP contribution in [0.5, 0.6) is 0 Å². The first-order chi connectivity index (χ1) is 22.0. The summed E-state index contributed by atoms with van der Waals surface area (Å²) in [6, 6.07) is 0. The highest BCUT2D eigenvalue weighted by atomic mass is 16.5. The molecule has 0 rings (SSSR count). The van der Waals surface area contributed by atoms with E-state index in [1.807, 2.05) is 0 Å². The average Bonchev–Trinajstić information content (AvgIpc) is 3.02. The van der Waals surface area contributed by atoms with Crippen LogP contribution in [0.4, 0.5) is 0 Å². The van der Waals surface area contributed by atoms with Gasteiger partial charge in [0.05, 0.1) is 0 Å². The van der Waals surface area contributed by atoms with E-state index in [1.165, 1.54) is 128 Å². The summed E-state index contributed by atoms with van der Waals surface area (Å²) in [5.41, 5.74) is 0. The molecule has 0 bridgehead atoms. The highest BCUT2D eigenvalue weighted by Gasteiger charge is 2.12. The summed E-state index contributed by atoms with van der Waals surface area (Å²) < 4.78 is 5.87. The molecule has 0 fully saturated rings. The standard InChI is InChI=1S/C39H73NO5/c1-3-5-7-9-11-12-13-14-15-16-17-18-19-20-21-22-24-30-34-39(44)45-36(31-27-23-10-8-6-4-2)32-28-25-26-29-33-37(41)40-35-38(42)43/h27,31,36H,3-26,28-30,32-35H2,1-2H3,(H,40,41)(H,42,43)/b31-27-. The van der Waals surface area contributed by atoms with Crippen molar-refractivity contribution in [2.24, 2.45) is 0 Å². The third-order valence-electron chi connectivity index (χ3n) is 8.67. The molecule has 0 spiro atoms. The van der Waals surface area contributed by atoms with Crippen molar-refractivity contribution in [3.63, 3.8) is 0 Å². The van der Waals surface area contributed by atoms with Gasteiger partial charge in [0.1, 0.15) is 12.6 Å². The number of esters is 1. The molecule has 6 nitrogen and oxygen atoms in total. The molecular formula is C39H73NO5. The maximum atomic E-state index is 12.6. The van der Waals surface area contributed by atoms with Crippen molar-refractivity contribution < 1.29 is 24.2 Å². The molecule has 45 heavy (non-hydrogen) atoms. The molecule has 0 aromatic rings. The number of carbonyl (C=O) groups is 3. The van der Waals surface area contributed by atoms with Crippen LogP contribution >= 0.6 is 0 Å². The summed E-state index contributed by atoms with van der Waals surface area (Å²) in [7, 11) is 0. The van der Waals surface area contributed by atoms with Gasteiger partial charge in [-0.1, -0.05) is 161 Å². The number of hydrogen-bond acceptors (Lipinski definition) is 4. The Balaban J connectivity index is 3.92. The lowest BCUT2D eigenvalue weighted by Gasteiger charge is -2.15. The van der Waals surface area contributed by atoms with Gasteiger partial charge in [-0.15, -0.1) is 0 Å². The highest BCUT2D eigenvalue weighted by molar-refractivity contribution is 5.80. The lowest BCUT2D eigenvalue weighted by molar-refractivity contribution is -0.147. The predicted molar refractivity (Wildman–Crippen MR) is 190 cm³/mol. The molecule has 0 radical (unpaired) electrons. The first-order valence-electron chi connectivity index (χ1n) is 19.3. The largest absolute Gasteiger partial charge is 0.480 e. The number of unbranched alkanes of at least 4 members (excludes halogenated alkanes) is 24. The minimum atomic E-state index is -1.03. The predicted octanol–water partition coefficient (Wildman–Crippen LogP) is 11.4. The quantitative estimate of drug-likeness (QED) is 0.0410. The molecule has 264 valence electrons. The van der Waals surface area contributed by atoms with Crippen LogP contribution in [0.2, 0.25) is 0 Å². The SMILES string of the molecule is CCCCCC/C=C\C(CCCCCCC(=O)NCC(=O)O)OC(=O)CCCCCCCCCCCCCCCCCCCC. The van der Waals surface area contributed by atoms with Gasteiger partial charge in [-0.2, -0.15) is 0 Å². The van der Waals surface area contributed by atoms with Crippen molar-refractivity contribution in [3.8, 4) is 0 Å². The molecule has 1 atom stereocenters. The lowest BCUT2D eigenvalue weighted by Crippen LogP contribution is -2.28. The van der Waals surface area contributed by atoms with E-state index in [9.17, 15) is 14.4 Å². The smallest absolute Gasteiger partial charge is 0.322 e. The molecule has 0 saturated carbocycles. The van der Waals surface area contributed by atoms with Gasteiger partial charge in [0, 0.05) is 12.8 Å². The Morgan fingerprint density at radius 3 is 1.49 bits per heavy atom. The van der Waals surface area contributed by atoms with Gasteiger partial charge in [-0.3, -0.25) is 14.4 Å². The zero-order valence-corrected chi connectivity index (χ0v) is 29.7. The van der Waals surface area contributed by atoms with Crippen LogP contribution in [0.3, 0.4) is 0 Å². The third-order valence-corrected chi connectivity index (χ3v) is 8.67. The number of carboxylic acid groups (broad SMARTS) is 1. The average molecular weight is 636 g/mol. The second kappa shape index (κ2) is 35.0. The minimum absolute atomic E-state index is 0.0813. The van der Waals surface area contributed by atoms with Crippen molar-refractivity contribution >= 4 is 17.8 Å². The molecule has 0 aromatic heterocycles. The van der Waals surface area contributed by atoms with Gasteiger partial charge in [-0.25, -0.2) is 0 Å². The molecule has 0 saturated heterocycles. The highest BCUT2D eigenvalue weighted by Crippen LogP contribution is 2.16. The van der Waals surface area contributed by atoms with E-state index >= 15 is 0 Å². The monoisotopic (exact) mass is 636 g/mol. The lowest BCUT2D eigenvalue weighted by atomic mass is 10.0. The van der Waals surface area contributed by atoms with Crippen LogP contribution < -0.4 is 5.32 Å². The number of allylic oxidation sites excluding steroid dienone is 1. The summed E-state index contributed by atoms with van der Waals surface area (Å²) in [4.78, 5) is 34.8. The van der Waals surface area contributed by atoms with E-state index in [1.54, 1.807) is 0 Å². The summed E-state index contributed by atoms with van der Waals surface area (Å²) in [6.45, 7) is 4.18. The molecule has 1 unspecified atom stereocenters. The van der Waals surface area contributed by atoms with E-state index in [0.29, 0.717) is 12.8 Å². The van der Waals surface area contributed by atoms with E-state index in [0.717, 1.165) is 51.4 Å². The number of aliphatic carboxylic acids is 1. The van der Waals surface area contributed by atoms with Crippen molar-refractivity contribution in [2.45, 2.75) is 213 Å². The summed E-state index contributed by atoms with van der Waals surface area (Å²) >= 11 is 0. The first-order valence-corrected chi connectivity index (χ1v) is 19.3. The number of ether oxygens (including phenoxy) is 1. The first kappa shape index (κ1) is 43.1. The number of nitrogens with one attached hydrogen (secondary N) is 1. The molecule has 0 aliphatic carbocycles. The Hall–Kier alpha value is -1.85. The fourth-order valence-corrected chi connectivity index (χ4v) is 5.78. The third kappa shape index (κ3) is 34.9. The molecule has 2 N–H and O–H groups in total. The van der Waals surface area contributed by atoms with Gasteiger partial charge in [0.25, 0.3) is 0 Å². The van der Waals surface area contributed by atoms with Gasteiger partial charge < -0.3 is 15.2 Å². The van der Waals surface area contributed by atoms with Crippen LogP contribution in [0, 0.1) is 0 Å². The van der Waals surface area contributed by atoms with Crippen LogP contribution in [-0.2, 0) is 19.1 Å². The normalized spacial score (nSPS) is 12.0. The Bertz CT molecular complexity index is 708. The van der Waals surface area contributed by atoms with Gasteiger partial charge in [0.15, 0.2) is 0 Å². The van der Waals surface area contributed by atoms with Gasteiger partial charge >= 0.3 is 11.9 Å². The zero-order valence-electron chi connectivity index (χ0n) is 29.7. The Labute approximate surface area is 278 Å². The molecular weight excluding hydrogens is 562 g/mol. The molecule has 1 amide bonds. The number of rotatable bonds is 35. The van der Waals surface area contributed by atoms with Crippen molar-refractivity contribution in [3.05, 3.63) is 12.2 Å². The van der Waals surface area contributed by atoms with E-state index < -0.39 is 5.97 Å². The second-order valence-electron chi connectivity index (χ2n) is 13.2. The number of carbonyl (C=O) groups excluding carboxylic acids is 2. The van der Waals surface area contributed by atoms with Crippen LogP contribution in [0.15, 0.2) is 12.2 Å². The Kier molecular flexibility index (Phi) is 33.6. The van der Waals surface area contributed by atoms with Crippen LogP contribution in [0.25, 0.3) is 0 Å². The van der Waals surface area contributed by atoms with E-state index in [4.69, 9.17) is 9.84 Å².